The number of allylic oxidation sites excluding steroid dienone is 1. The monoisotopic (exact) mass is 299 g/mol. The van der Waals surface area contributed by atoms with E-state index in [1.807, 2.05) is 12.2 Å². The highest BCUT2D eigenvalue weighted by Crippen LogP contribution is 2.19. The summed E-state index contributed by atoms with van der Waals surface area (Å²) in [6.07, 6.45) is 5.75. The molecule has 0 bridgehead atoms. The molecule has 1 aliphatic rings. The highest BCUT2D eigenvalue weighted by atomic mass is 32.2. The van der Waals surface area contributed by atoms with E-state index in [1.165, 1.54) is 0 Å². The summed E-state index contributed by atoms with van der Waals surface area (Å²) in [5.41, 5.74) is -0.268. The molecule has 7 heteroatoms. The molecule has 0 aliphatic heterocycles. The van der Waals surface area contributed by atoms with Crippen LogP contribution in [0, 0.1) is 5.82 Å². The molecule has 2 rings (SSSR count). The Morgan fingerprint density at radius 1 is 1.35 bits per heavy atom. The molecule has 0 aromatic heterocycles. The molecule has 108 valence electrons. The molecule has 1 aliphatic carbocycles. The van der Waals surface area contributed by atoms with Crippen LogP contribution in [0.4, 0.5) is 4.39 Å². The second kappa shape index (κ2) is 5.72. The largest absolute Gasteiger partial charge is 0.478 e. The van der Waals surface area contributed by atoms with Gasteiger partial charge in [0.1, 0.15) is 10.7 Å². The fraction of sp³-hybridized carbons (Fsp3) is 0.308. The van der Waals surface area contributed by atoms with Gasteiger partial charge in [0.05, 0.1) is 5.56 Å². The summed E-state index contributed by atoms with van der Waals surface area (Å²) in [7, 11) is -4.07. The first-order chi connectivity index (χ1) is 9.40. The van der Waals surface area contributed by atoms with Gasteiger partial charge < -0.3 is 5.11 Å². The lowest BCUT2D eigenvalue weighted by Gasteiger charge is -2.19. The summed E-state index contributed by atoms with van der Waals surface area (Å²) in [6.45, 7) is 0. The number of rotatable bonds is 4. The van der Waals surface area contributed by atoms with Crippen LogP contribution >= 0.6 is 0 Å². The van der Waals surface area contributed by atoms with E-state index in [0.29, 0.717) is 12.8 Å². The third-order valence-electron chi connectivity index (χ3n) is 3.06. The van der Waals surface area contributed by atoms with Crippen molar-refractivity contribution < 1.29 is 22.7 Å². The zero-order valence-electron chi connectivity index (χ0n) is 10.5. The zero-order chi connectivity index (χ0) is 14.8. The normalized spacial score (nSPS) is 18.9. The van der Waals surface area contributed by atoms with Crippen LogP contribution in [0.2, 0.25) is 0 Å². The molecule has 0 amide bonds. The Labute approximate surface area is 116 Å². The van der Waals surface area contributed by atoms with Crippen molar-refractivity contribution in [2.75, 3.05) is 0 Å². The first-order valence-corrected chi connectivity index (χ1v) is 7.58. The minimum Gasteiger partial charge on any atom is -0.478 e. The van der Waals surface area contributed by atoms with Gasteiger partial charge in [0, 0.05) is 6.04 Å². The Bertz CT molecular complexity index is 654. The van der Waals surface area contributed by atoms with Crippen LogP contribution < -0.4 is 4.72 Å². The zero-order valence-corrected chi connectivity index (χ0v) is 11.4. The molecule has 20 heavy (non-hydrogen) atoms. The van der Waals surface area contributed by atoms with Crippen molar-refractivity contribution in [2.45, 2.75) is 30.2 Å². The van der Waals surface area contributed by atoms with Gasteiger partial charge in [-0.3, -0.25) is 0 Å². The molecule has 0 saturated carbocycles. The van der Waals surface area contributed by atoms with Crippen LogP contribution in [0.3, 0.4) is 0 Å². The van der Waals surface area contributed by atoms with E-state index in [-0.39, 0.29) is 11.6 Å². The minimum absolute atomic E-state index is 0.268. The molecule has 1 unspecified atom stereocenters. The maximum absolute atomic E-state index is 13.7. The Morgan fingerprint density at radius 2 is 2.10 bits per heavy atom. The molecule has 0 radical (unpaired) electrons. The highest BCUT2D eigenvalue weighted by molar-refractivity contribution is 7.89. The van der Waals surface area contributed by atoms with Gasteiger partial charge in [-0.1, -0.05) is 12.2 Å². The van der Waals surface area contributed by atoms with Gasteiger partial charge in [-0.25, -0.2) is 22.3 Å². The number of aromatic carboxylic acids is 1. The molecule has 1 atom stereocenters. The average molecular weight is 299 g/mol. The summed E-state index contributed by atoms with van der Waals surface area (Å²) in [5, 5.41) is 8.84. The van der Waals surface area contributed by atoms with Gasteiger partial charge >= 0.3 is 5.97 Å². The molecule has 0 heterocycles. The van der Waals surface area contributed by atoms with Crippen LogP contribution in [0.1, 0.15) is 29.6 Å². The number of benzene rings is 1. The van der Waals surface area contributed by atoms with Crippen LogP contribution in [0.25, 0.3) is 0 Å². The van der Waals surface area contributed by atoms with Crippen molar-refractivity contribution in [1.29, 1.82) is 0 Å². The molecular weight excluding hydrogens is 285 g/mol. The van der Waals surface area contributed by atoms with E-state index >= 15 is 0 Å². The minimum atomic E-state index is -4.07. The highest BCUT2D eigenvalue weighted by Gasteiger charge is 2.24. The molecule has 2 N–H and O–H groups in total. The predicted octanol–water partition coefficient (Wildman–Crippen LogP) is 1.91. The molecule has 5 nitrogen and oxygen atoms in total. The van der Waals surface area contributed by atoms with Crippen molar-refractivity contribution in [3.63, 3.8) is 0 Å². The maximum Gasteiger partial charge on any atom is 0.335 e. The van der Waals surface area contributed by atoms with Crippen molar-refractivity contribution in [3.05, 3.63) is 41.7 Å². The molecular formula is C13H14FNO4S. The molecule has 0 saturated heterocycles. The summed E-state index contributed by atoms with van der Waals surface area (Å²) < 4.78 is 40.3. The smallest absolute Gasteiger partial charge is 0.335 e. The number of nitrogens with one attached hydrogen (secondary N) is 1. The topological polar surface area (TPSA) is 83.5 Å². The summed E-state index contributed by atoms with van der Waals surface area (Å²) in [6, 6.07) is 2.41. The SMILES string of the molecule is O=C(O)c1ccc(F)c(S(=O)(=O)NC2CC=CCC2)c1. The van der Waals surface area contributed by atoms with Crippen LogP contribution in [-0.4, -0.2) is 25.5 Å². The number of sulfonamides is 1. The number of carboxylic acids is 1. The molecule has 0 fully saturated rings. The number of hydrogen-bond donors (Lipinski definition) is 2. The standard InChI is InChI=1S/C13H14FNO4S/c14-11-7-6-9(13(16)17)8-12(11)20(18,19)15-10-4-2-1-3-5-10/h1-2,6-8,10,15H,3-5H2,(H,16,17). The van der Waals surface area contributed by atoms with E-state index in [4.69, 9.17) is 5.11 Å². The van der Waals surface area contributed by atoms with Gasteiger partial charge in [0.25, 0.3) is 0 Å². The van der Waals surface area contributed by atoms with Gasteiger partial charge in [0.15, 0.2) is 0 Å². The van der Waals surface area contributed by atoms with Crippen molar-refractivity contribution in [3.8, 4) is 0 Å². The lowest BCUT2D eigenvalue weighted by atomic mass is 10.0. The van der Waals surface area contributed by atoms with E-state index < -0.39 is 26.7 Å². The summed E-state index contributed by atoms with van der Waals surface area (Å²) in [4.78, 5) is 10.2. The Balaban J connectivity index is 2.30. The van der Waals surface area contributed by atoms with E-state index in [0.717, 1.165) is 24.6 Å². The van der Waals surface area contributed by atoms with E-state index in [2.05, 4.69) is 4.72 Å². The number of carboxylic acid groups (broad SMARTS) is 1. The van der Waals surface area contributed by atoms with Gasteiger partial charge in [0.2, 0.25) is 10.0 Å². The van der Waals surface area contributed by atoms with Crippen molar-refractivity contribution in [2.24, 2.45) is 0 Å². The fourth-order valence-corrected chi connectivity index (χ4v) is 3.41. The van der Waals surface area contributed by atoms with Gasteiger partial charge in [-0.2, -0.15) is 0 Å². The Hall–Kier alpha value is -1.73. The summed E-state index contributed by atoms with van der Waals surface area (Å²) >= 11 is 0. The second-order valence-corrected chi connectivity index (χ2v) is 6.24. The second-order valence-electron chi connectivity index (χ2n) is 4.55. The number of hydrogen-bond acceptors (Lipinski definition) is 3. The van der Waals surface area contributed by atoms with Crippen LogP contribution in [0.5, 0.6) is 0 Å². The predicted molar refractivity (Wildman–Crippen MR) is 70.5 cm³/mol. The molecule has 0 spiro atoms. The van der Waals surface area contributed by atoms with Gasteiger partial charge in [-0.05, 0) is 37.5 Å². The molecule has 1 aromatic rings. The van der Waals surface area contributed by atoms with E-state index in [1.54, 1.807) is 0 Å². The third-order valence-corrected chi connectivity index (χ3v) is 4.59. The van der Waals surface area contributed by atoms with Crippen LogP contribution in [-0.2, 0) is 10.0 Å². The lowest BCUT2D eigenvalue weighted by molar-refractivity contribution is 0.0696. The van der Waals surface area contributed by atoms with Crippen LogP contribution in [0.15, 0.2) is 35.2 Å². The van der Waals surface area contributed by atoms with E-state index in [9.17, 15) is 17.6 Å². The third kappa shape index (κ3) is 3.23. The average Bonchev–Trinajstić information content (AvgIpc) is 2.39. The fourth-order valence-electron chi connectivity index (χ4n) is 2.03. The summed E-state index contributed by atoms with van der Waals surface area (Å²) in [5.74, 6) is -2.27. The first-order valence-electron chi connectivity index (χ1n) is 6.10. The maximum atomic E-state index is 13.7. The van der Waals surface area contributed by atoms with Crippen molar-refractivity contribution in [1.82, 2.24) is 4.72 Å². The lowest BCUT2D eigenvalue weighted by Crippen LogP contribution is -2.35. The van der Waals surface area contributed by atoms with Crippen molar-refractivity contribution >= 4 is 16.0 Å². The Kier molecular flexibility index (Phi) is 4.20. The first kappa shape index (κ1) is 14.7. The Morgan fingerprint density at radius 3 is 2.70 bits per heavy atom. The molecule has 1 aromatic carbocycles. The van der Waals surface area contributed by atoms with Gasteiger partial charge in [-0.15, -0.1) is 0 Å². The number of carbonyl (C=O) groups is 1. The number of halogens is 1. The quantitative estimate of drug-likeness (QED) is 0.832.